The van der Waals surface area contributed by atoms with E-state index in [9.17, 15) is 9.59 Å². The van der Waals surface area contributed by atoms with Crippen molar-refractivity contribution in [3.8, 4) is 0 Å². The van der Waals surface area contributed by atoms with Crippen molar-refractivity contribution in [3.63, 3.8) is 0 Å². The number of carbonyl (C=O) groups excluding carboxylic acids is 2. The zero-order chi connectivity index (χ0) is 9.94. The summed E-state index contributed by atoms with van der Waals surface area (Å²) < 4.78 is 5.23. The van der Waals surface area contributed by atoms with Gasteiger partial charge in [-0.1, -0.05) is 0 Å². The third-order valence-corrected chi connectivity index (χ3v) is 1.29. The fourth-order valence-corrected chi connectivity index (χ4v) is 0.692. The Labute approximate surface area is 76.5 Å². The Kier molecular flexibility index (Phi) is 7.95. The molecule has 0 fully saturated rings. The number of isocyanates is 2. The molecule has 13 heavy (non-hydrogen) atoms. The largest absolute Gasteiger partial charge is 0.376 e. The van der Waals surface area contributed by atoms with E-state index in [4.69, 9.17) is 4.74 Å². The first-order valence-corrected chi connectivity index (χ1v) is 4.00. The minimum atomic E-state index is -0.0957. The molecule has 0 rings (SSSR count). The molecular weight excluding hydrogens is 172 g/mol. The molecule has 1 atom stereocenters. The monoisotopic (exact) mass is 184 g/mol. The fourth-order valence-electron chi connectivity index (χ4n) is 0.692. The van der Waals surface area contributed by atoms with Gasteiger partial charge in [0.2, 0.25) is 12.2 Å². The number of rotatable bonds is 7. The predicted molar refractivity (Wildman–Crippen MR) is 46.0 cm³/mol. The van der Waals surface area contributed by atoms with Gasteiger partial charge in [0.15, 0.2) is 0 Å². The van der Waals surface area contributed by atoms with Crippen molar-refractivity contribution in [1.29, 1.82) is 0 Å². The molecule has 0 aromatic carbocycles. The van der Waals surface area contributed by atoms with Gasteiger partial charge < -0.3 is 4.74 Å². The highest BCUT2D eigenvalue weighted by Crippen LogP contribution is 1.92. The van der Waals surface area contributed by atoms with E-state index >= 15 is 0 Å². The Hall–Kier alpha value is -1.28. The maximum Gasteiger partial charge on any atom is 0.235 e. The van der Waals surface area contributed by atoms with Crippen LogP contribution in [0, 0.1) is 0 Å². The Bertz CT molecular complexity index is 217. The molecule has 0 aliphatic carbocycles. The maximum atomic E-state index is 9.72. The molecule has 72 valence electrons. The van der Waals surface area contributed by atoms with E-state index in [1.54, 1.807) is 0 Å². The average Bonchev–Trinajstić information content (AvgIpc) is 2.14. The minimum Gasteiger partial charge on any atom is -0.376 e. The molecule has 0 aromatic rings. The summed E-state index contributed by atoms with van der Waals surface area (Å²) in [6.45, 7) is 3.05. The van der Waals surface area contributed by atoms with Gasteiger partial charge in [-0.3, -0.25) is 0 Å². The summed E-state index contributed by atoms with van der Waals surface area (Å²) in [4.78, 5) is 26.1. The van der Waals surface area contributed by atoms with E-state index in [1.165, 1.54) is 12.2 Å². The molecule has 0 amide bonds. The predicted octanol–water partition coefficient (Wildman–Crippen LogP) is 0.453. The summed E-state index contributed by atoms with van der Waals surface area (Å²) in [6, 6.07) is 0. The van der Waals surface area contributed by atoms with Crippen molar-refractivity contribution in [2.45, 2.75) is 19.4 Å². The molecule has 0 heterocycles. The van der Waals surface area contributed by atoms with Crippen LogP contribution in [0.25, 0.3) is 0 Å². The summed E-state index contributed by atoms with van der Waals surface area (Å²) in [7, 11) is 0. The maximum absolute atomic E-state index is 9.72. The van der Waals surface area contributed by atoms with Gasteiger partial charge in [-0.2, -0.15) is 0 Å². The number of hydrogen-bond donors (Lipinski definition) is 0. The van der Waals surface area contributed by atoms with Crippen LogP contribution in [-0.4, -0.2) is 38.0 Å². The van der Waals surface area contributed by atoms with Gasteiger partial charge in [-0.15, -0.1) is 0 Å². The summed E-state index contributed by atoms with van der Waals surface area (Å²) in [5.74, 6) is 0. The summed E-state index contributed by atoms with van der Waals surface area (Å²) in [6.07, 6.45) is 3.45. The quantitative estimate of drug-likeness (QED) is 0.328. The van der Waals surface area contributed by atoms with Crippen molar-refractivity contribution in [2.75, 3.05) is 19.7 Å². The Morgan fingerprint density at radius 1 is 1.31 bits per heavy atom. The van der Waals surface area contributed by atoms with Crippen LogP contribution in [0.4, 0.5) is 0 Å². The van der Waals surface area contributed by atoms with Crippen molar-refractivity contribution in [2.24, 2.45) is 9.98 Å². The molecule has 0 aliphatic heterocycles. The van der Waals surface area contributed by atoms with E-state index < -0.39 is 0 Å². The lowest BCUT2D eigenvalue weighted by Gasteiger charge is -2.07. The molecule has 0 saturated heterocycles. The van der Waals surface area contributed by atoms with Gasteiger partial charge >= 0.3 is 0 Å². The second-order valence-electron chi connectivity index (χ2n) is 2.44. The molecule has 0 N–H and O–H groups in total. The van der Waals surface area contributed by atoms with Gasteiger partial charge in [-0.25, -0.2) is 19.6 Å². The Morgan fingerprint density at radius 2 is 2.00 bits per heavy atom. The zero-order valence-corrected chi connectivity index (χ0v) is 7.52. The second kappa shape index (κ2) is 8.81. The van der Waals surface area contributed by atoms with Gasteiger partial charge in [0.25, 0.3) is 0 Å². The van der Waals surface area contributed by atoms with Crippen molar-refractivity contribution >= 4 is 12.2 Å². The van der Waals surface area contributed by atoms with Crippen molar-refractivity contribution in [3.05, 3.63) is 0 Å². The third kappa shape index (κ3) is 8.63. The van der Waals surface area contributed by atoms with Crippen LogP contribution in [0.2, 0.25) is 0 Å². The first-order valence-electron chi connectivity index (χ1n) is 4.00. The number of nitrogens with zero attached hydrogens (tertiary/aromatic N) is 2. The van der Waals surface area contributed by atoms with Crippen molar-refractivity contribution in [1.82, 2.24) is 0 Å². The Morgan fingerprint density at radius 3 is 2.62 bits per heavy atom. The van der Waals surface area contributed by atoms with Gasteiger partial charge in [0.05, 0.1) is 19.2 Å². The highest BCUT2D eigenvalue weighted by molar-refractivity contribution is 5.33. The topological polar surface area (TPSA) is 68.1 Å². The summed E-state index contributed by atoms with van der Waals surface area (Å²) in [5.41, 5.74) is 0. The number of hydrogen-bond acceptors (Lipinski definition) is 5. The van der Waals surface area contributed by atoms with E-state index in [0.717, 1.165) is 0 Å². The van der Waals surface area contributed by atoms with Crippen LogP contribution in [-0.2, 0) is 14.3 Å². The molecule has 0 saturated carbocycles. The molecule has 0 radical (unpaired) electrons. The smallest absolute Gasteiger partial charge is 0.235 e. The molecule has 0 bridgehead atoms. The lowest BCUT2D eigenvalue weighted by Crippen LogP contribution is -2.13. The number of aliphatic imine (C=N–C) groups is 2. The molecule has 5 heteroatoms. The van der Waals surface area contributed by atoms with Crippen LogP contribution < -0.4 is 0 Å². The lowest BCUT2D eigenvalue weighted by atomic mass is 10.4. The molecule has 0 spiro atoms. The highest BCUT2D eigenvalue weighted by Gasteiger charge is 1.99. The van der Waals surface area contributed by atoms with Crippen LogP contribution in [0.5, 0.6) is 0 Å². The van der Waals surface area contributed by atoms with E-state index in [2.05, 4.69) is 9.98 Å². The molecule has 0 aromatic heterocycles. The normalized spacial score (nSPS) is 11.2. The lowest BCUT2D eigenvalue weighted by molar-refractivity contribution is 0.0717. The Balaban J connectivity index is 3.30. The standard InChI is InChI=1S/C8H12N2O3/c1-8(5-10-7-12)13-4-2-3-9-6-11/h8H,2-5H2,1H3. The minimum absolute atomic E-state index is 0.0957. The first-order chi connectivity index (χ1) is 6.31. The fraction of sp³-hybridized carbons (Fsp3) is 0.750. The first kappa shape index (κ1) is 11.7. The van der Waals surface area contributed by atoms with Gasteiger partial charge in [-0.05, 0) is 13.3 Å². The summed E-state index contributed by atoms with van der Waals surface area (Å²) in [5, 5.41) is 0. The van der Waals surface area contributed by atoms with Gasteiger partial charge in [0.1, 0.15) is 0 Å². The zero-order valence-electron chi connectivity index (χ0n) is 7.52. The molecule has 1 unspecified atom stereocenters. The summed E-state index contributed by atoms with van der Waals surface area (Å²) >= 11 is 0. The van der Waals surface area contributed by atoms with Crippen molar-refractivity contribution < 1.29 is 14.3 Å². The highest BCUT2D eigenvalue weighted by atomic mass is 16.5. The van der Waals surface area contributed by atoms with E-state index in [1.807, 2.05) is 6.92 Å². The van der Waals surface area contributed by atoms with Crippen LogP contribution in [0.15, 0.2) is 9.98 Å². The second-order valence-corrected chi connectivity index (χ2v) is 2.44. The van der Waals surface area contributed by atoms with E-state index in [-0.39, 0.29) is 6.10 Å². The average molecular weight is 184 g/mol. The molecular formula is C8H12N2O3. The SMILES string of the molecule is CC(CN=C=O)OCCCN=C=O. The van der Waals surface area contributed by atoms with Gasteiger partial charge in [0, 0.05) is 6.61 Å². The van der Waals surface area contributed by atoms with Crippen LogP contribution >= 0.6 is 0 Å². The van der Waals surface area contributed by atoms with Crippen LogP contribution in [0.3, 0.4) is 0 Å². The van der Waals surface area contributed by atoms with E-state index in [0.29, 0.717) is 26.1 Å². The molecule has 5 nitrogen and oxygen atoms in total. The third-order valence-electron chi connectivity index (χ3n) is 1.29. The molecule has 0 aliphatic rings. The number of ether oxygens (including phenoxy) is 1. The van der Waals surface area contributed by atoms with Crippen LogP contribution in [0.1, 0.15) is 13.3 Å².